The number of carbonyl (C=O) groups excluding carboxylic acids is 2. The Bertz CT molecular complexity index is 571. The molecule has 0 spiro atoms. The van der Waals surface area contributed by atoms with E-state index in [4.69, 9.17) is 4.74 Å². The van der Waals surface area contributed by atoms with Gasteiger partial charge in [0.05, 0.1) is 19.1 Å². The van der Waals surface area contributed by atoms with Crippen molar-refractivity contribution in [2.24, 2.45) is 5.92 Å². The normalized spacial score (nSPS) is 19.2. The molecule has 0 aromatic heterocycles. The molecule has 1 aromatic rings. The Balaban J connectivity index is 1.84. The summed E-state index contributed by atoms with van der Waals surface area (Å²) in [7, 11) is 0. The molecule has 2 rings (SSSR count). The molecule has 0 radical (unpaired) electrons. The Morgan fingerprint density at radius 2 is 2.00 bits per heavy atom. The van der Waals surface area contributed by atoms with Gasteiger partial charge in [-0.3, -0.25) is 14.5 Å². The second kappa shape index (κ2) is 9.56. The van der Waals surface area contributed by atoms with Crippen molar-refractivity contribution in [1.82, 2.24) is 4.90 Å². The molecule has 1 fully saturated rings. The number of nitrogens with one attached hydrogen (secondary N) is 1. The van der Waals surface area contributed by atoms with Crippen molar-refractivity contribution < 1.29 is 14.3 Å². The number of hydrogen-bond acceptors (Lipinski definition) is 4. The quantitative estimate of drug-likeness (QED) is 0.769. The summed E-state index contributed by atoms with van der Waals surface area (Å²) in [6.45, 7) is 8.34. The molecule has 1 aliphatic heterocycles. The SMILES string of the molecule is CCOC(=O)C1CCCN(CC(=O)Nc2ccc(C(C)CC)cc2)C1. The maximum Gasteiger partial charge on any atom is 0.310 e. The van der Waals surface area contributed by atoms with Crippen LogP contribution in [0.15, 0.2) is 24.3 Å². The van der Waals surface area contributed by atoms with Gasteiger partial charge in [0.25, 0.3) is 0 Å². The zero-order valence-electron chi connectivity index (χ0n) is 15.6. The highest BCUT2D eigenvalue weighted by Gasteiger charge is 2.27. The van der Waals surface area contributed by atoms with Crippen molar-refractivity contribution >= 4 is 17.6 Å². The van der Waals surface area contributed by atoms with E-state index in [-0.39, 0.29) is 17.8 Å². The number of likely N-dealkylation sites (tertiary alicyclic amines) is 1. The van der Waals surface area contributed by atoms with E-state index >= 15 is 0 Å². The third-order valence-electron chi connectivity index (χ3n) is 4.87. The summed E-state index contributed by atoms with van der Waals surface area (Å²) >= 11 is 0. The Kier molecular flexibility index (Phi) is 7.44. The van der Waals surface area contributed by atoms with Crippen LogP contribution < -0.4 is 5.32 Å². The Hall–Kier alpha value is -1.88. The summed E-state index contributed by atoms with van der Waals surface area (Å²) in [5.74, 6) is 0.225. The highest BCUT2D eigenvalue weighted by atomic mass is 16.5. The van der Waals surface area contributed by atoms with Crippen molar-refractivity contribution in [3.8, 4) is 0 Å². The molecule has 5 heteroatoms. The Labute approximate surface area is 150 Å². The predicted molar refractivity (Wildman–Crippen MR) is 99.6 cm³/mol. The summed E-state index contributed by atoms with van der Waals surface area (Å²) in [5, 5.41) is 2.95. The van der Waals surface area contributed by atoms with Gasteiger partial charge in [0, 0.05) is 12.2 Å². The van der Waals surface area contributed by atoms with Crippen LogP contribution in [-0.4, -0.2) is 43.0 Å². The first kappa shape index (κ1) is 19.4. The van der Waals surface area contributed by atoms with E-state index < -0.39 is 0 Å². The van der Waals surface area contributed by atoms with Crippen LogP contribution in [0.4, 0.5) is 5.69 Å². The van der Waals surface area contributed by atoms with Gasteiger partial charge in [-0.15, -0.1) is 0 Å². The van der Waals surface area contributed by atoms with Gasteiger partial charge in [-0.05, 0) is 56.3 Å². The minimum Gasteiger partial charge on any atom is -0.466 e. The fourth-order valence-electron chi connectivity index (χ4n) is 3.19. The molecule has 1 heterocycles. The molecule has 1 aliphatic rings. The second-order valence-electron chi connectivity index (χ2n) is 6.81. The number of carbonyl (C=O) groups is 2. The van der Waals surface area contributed by atoms with Gasteiger partial charge >= 0.3 is 5.97 Å². The van der Waals surface area contributed by atoms with Crippen molar-refractivity contribution in [2.45, 2.75) is 46.0 Å². The molecule has 5 nitrogen and oxygen atoms in total. The minimum atomic E-state index is -0.145. The summed E-state index contributed by atoms with van der Waals surface area (Å²) < 4.78 is 5.10. The van der Waals surface area contributed by atoms with Gasteiger partial charge in [0.1, 0.15) is 0 Å². The lowest BCUT2D eigenvalue weighted by molar-refractivity contribution is -0.150. The lowest BCUT2D eigenvalue weighted by atomic mass is 9.98. The lowest BCUT2D eigenvalue weighted by Crippen LogP contribution is -2.43. The van der Waals surface area contributed by atoms with Crippen LogP contribution >= 0.6 is 0 Å². The smallest absolute Gasteiger partial charge is 0.310 e. The van der Waals surface area contributed by atoms with Gasteiger partial charge in [0.15, 0.2) is 0 Å². The standard InChI is InChI=1S/C20H30N2O3/c1-4-15(3)16-8-10-18(11-9-16)21-19(23)14-22-12-6-7-17(13-22)20(24)25-5-2/h8-11,15,17H,4-7,12-14H2,1-3H3,(H,21,23). The van der Waals surface area contributed by atoms with Crippen LogP contribution in [0, 0.1) is 5.92 Å². The van der Waals surface area contributed by atoms with E-state index in [1.54, 1.807) is 0 Å². The maximum absolute atomic E-state index is 12.3. The van der Waals surface area contributed by atoms with Crippen LogP contribution in [0.1, 0.15) is 51.5 Å². The third-order valence-corrected chi connectivity index (χ3v) is 4.87. The summed E-state index contributed by atoms with van der Waals surface area (Å²) in [5.41, 5.74) is 2.10. The van der Waals surface area contributed by atoms with Crippen molar-refractivity contribution in [3.05, 3.63) is 29.8 Å². The molecule has 1 saturated heterocycles. The van der Waals surface area contributed by atoms with Crippen LogP contribution in [-0.2, 0) is 14.3 Å². The van der Waals surface area contributed by atoms with Gasteiger partial charge in [0.2, 0.25) is 5.91 Å². The minimum absolute atomic E-state index is 0.0409. The van der Waals surface area contributed by atoms with Crippen LogP contribution in [0.5, 0.6) is 0 Å². The molecule has 0 saturated carbocycles. The fraction of sp³-hybridized carbons (Fsp3) is 0.600. The van der Waals surface area contributed by atoms with Gasteiger partial charge in [-0.1, -0.05) is 26.0 Å². The third kappa shape index (κ3) is 5.85. The number of amides is 1. The lowest BCUT2D eigenvalue weighted by Gasteiger charge is -2.30. The number of hydrogen-bond donors (Lipinski definition) is 1. The average Bonchev–Trinajstić information content (AvgIpc) is 2.62. The Morgan fingerprint density at radius 3 is 2.64 bits per heavy atom. The van der Waals surface area contributed by atoms with E-state index in [9.17, 15) is 9.59 Å². The topological polar surface area (TPSA) is 58.6 Å². The number of piperidine rings is 1. The van der Waals surface area contributed by atoms with Crippen molar-refractivity contribution in [3.63, 3.8) is 0 Å². The molecule has 2 unspecified atom stereocenters. The van der Waals surface area contributed by atoms with Crippen molar-refractivity contribution in [2.75, 3.05) is 31.6 Å². The predicted octanol–water partition coefficient (Wildman–Crippen LogP) is 3.41. The highest BCUT2D eigenvalue weighted by molar-refractivity contribution is 5.92. The van der Waals surface area contributed by atoms with E-state index in [0.717, 1.165) is 31.5 Å². The van der Waals surface area contributed by atoms with E-state index in [1.165, 1.54) is 5.56 Å². The number of anilines is 1. The number of esters is 1. The molecule has 2 atom stereocenters. The molecular formula is C20H30N2O3. The first-order valence-corrected chi connectivity index (χ1v) is 9.32. The molecule has 1 aromatic carbocycles. The number of rotatable bonds is 7. The number of ether oxygens (including phenoxy) is 1. The van der Waals surface area contributed by atoms with Crippen LogP contribution in [0.2, 0.25) is 0 Å². The molecule has 0 aliphatic carbocycles. The molecule has 138 valence electrons. The maximum atomic E-state index is 12.3. The van der Waals surface area contributed by atoms with Crippen molar-refractivity contribution in [1.29, 1.82) is 0 Å². The highest BCUT2D eigenvalue weighted by Crippen LogP contribution is 2.21. The second-order valence-corrected chi connectivity index (χ2v) is 6.81. The first-order valence-electron chi connectivity index (χ1n) is 9.32. The van der Waals surface area contributed by atoms with Crippen LogP contribution in [0.3, 0.4) is 0 Å². The van der Waals surface area contributed by atoms with E-state index in [0.29, 0.717) is 25.6 Å². The van der Waals surface area contributed by atoms with Gasteiger partial charge < -0.3 is 10.1 Å². The summed E-state index contributed by atoms with van der Waals surface area (Å²) in [6, 6.07) is 8.05. The van der Waals surface area contributed by atoms with E-state index in [2.05, 4.69) is 31.3 Å². The average molecular weight is 346 g/mol. The fourth-order valence-corrected chi connectivity index (χ4v) is 3.19. The monoisotopic (exact) mass is 346 g/mol. The molecule has 0 bridgehead atoms. The van der Waals surface area contributed by atoms with E-state index in [1.807, 2.05) is 24.0 Å². The van der Waals surface area contributed by atoms with Gasteiger partial charge in [-0.2, -0.15) is 0 Å². The zero-order valence-corrected chi connectivity index (χ0v) is 15.6. The molecule has 1 amide bonds. The largest absolute Gasteiger partial charge is 0.466 e. The summed E-state index contributed by atoms with van der Waals surface area (Å²) in [6.07, 6.45) is 2.86. The molecule has 25 heavy (non-hydrogen) atoms. The molecule has 1 N–H and O–H groups in total. The van der Waals surface area contributed by atoms with Gasteiger partial charge in [-0.25, -0.2) is 0 Å². The first-order chi connectivity index (χ1) is 12.0. The summed E-state index contributed by atoms with van der Waals surface area (Å²) in [4.78, 5) is 26.2. The van der Waals surface area contributed by atoms with Crippen LogP contribution in [0.25, 0.3) is 0 Å². The Morgan fingerprint density at radius 1 is 1.28 bits per heavy atom. The molecular weight excluding hydrogens is 316 g/mol. The number of benzene rings is 1. The zero-order chi connectivity index (χ0) is 18.2. The number of nitrogens with zero attached hydrogens (tertiary/aromatic N) is 1.